The molecule has 0 amide bonds. The standard InChI is InChI=1S/C31H34N2S/c1-5-6-11-22-16-17-26-27(18-22)21(4)25-15-10-14-24(20(2)3)29(25)33-30(26)28-19-34-31(32-28)23-12-8-7-9-13-23/h7-10,12-21,30,33H,5-6,11H2,1-4H3. The van der Waals surface area contributed by atoms with Crippen molar-refractivity contribution in [2.45, 2.75) is 64.8 Å². The van der Waals surface area contributed by atoms with E-state index < -0.39 is 0 Å². The first-order chi connectivity index (χ1) is 16.6. The van der Waals surface area contributed by atoms with E-state index in [1.165, 1.54) is 51.9 Å². The molecule has 1 aromatic heterocycles. The van der Waals surface area contributed by atoms with Crippen LogP contribution in [0, 0.1) is 0 Å². The van der Waals surface area contributed by atoms with Crippen molar-refractivity contribution >= 4 is 17.0 Å². The van der Waals surface area contributed by atoms with Gasteiger partial charge in [0.05, 0.1) is 11.7 Å². The molecule has 0 bridgehead atoms. The number of hydrogen-bond donors (Lipinski definition) is 1. The Morgan fingerprint density at radius 1 is 0.941 bits per heavy atom. The minimum absolute atomic E-state index is 0.0348. The summed E-state index contributed by atoms with van der Waals surface area (Å²) in [5.74, 6) is 0.780. The first-order valence-electron chi connectivity index (χ1n) is 12.6. The number of rotatable bonds is 6. The van der Waals surface area contributed by atoms with E-state index in [9.17, 15) is 0 Å². The molecule has 2 heterocycles. The summed E-state index contributed by atoms with van der Waals surface area (Å²) in [7, 11) is 0. The maximum Gasteiger partial charge on any atom is 0.123 e. The van der Waals surface area contributed by atoms with Gasteiger partial charge in [-0.2, -0.15) is 0 Å². The lowest BCUT2D eigenvalue weighted by Gasteiger charge is -2.22. The van der Waals surface area contributed by atoms with Gasteiger partial charge in [-0.1, -0.05) is 101 Å². The Labute approximate surface area is 208 Å². The highest BCUT2D eigenvalue weighted by molar-refractivity contribution is 7.13. The van der Waals surface area contributed by atoms with Gasteiger partial charge in [0.2, 0.25) is 0 Å². The van der Waals surface area contributed by atoms with Crippen molar-refractivity contribution in [3.8, 4) is 10.6 Å². The van der Waals surface area contributed by atoms with E-state index in [0.29, 0.717) is 11.8 Å². The minimum Gasteiger partial charge on any atom is -0.372 e. The predicted octanol–water partition coefficient (Wildman–Crippen LogP) is 8.94. The molecule has 4 aromatic rings. The highest BCUT2D eigenvalue weighted by Crippen LogP contribution is 2.45. The zero-order chi connectivity index (χ0) is 23.7. The molecule has 1 N–H and O–H groups in total. The summed E-state index contributed by atoms with van der Waals surface area (Å²) in [6.07, 6.45) is 3.59. The second-order valence-electron chi connectivity index (χ2n) is 9.78. The van der Waals surface area contributed by atoms with Crippen molar-refractivity contribution in [2.24, 2.45) is 0 Å². The molecule has 174 valence electrons. The summed E-state index contributed by atoms with van der Waals surface area (Å²) in [6, 6.07) is 24.5. The van der Waals surface area contributed by atoms with Crippen LogP contribution in [0.5, 0.6) is 0 Å². The molecule has 2 atom stereocenters. The summed E-state index contributed by atoms with van der Waals surface area (Å²) in [4.78, 5) is 5.15. The number of unbranched alkanes of at least 4 members (excludes halogenated alkanes) is 1. The Morgan fingerprint density at radius 3 is 2.53 bits per heavy atom. The largest absolute Gasteiger partial charge is 0.372 e. The highest BCUT2D eigenvalue weighted by Gasteiger charge is 2.30. The van der Waals surface area contributed by atoms with Gasteiger partial charge in [-0.3, -0.25) is 0 Å². The van der Waals surface area contributed by atoms with Gasteiger partial charge >= 0.3 is 0 Å². The van der Waals surface area contributed by atoms with Crippen LogP contribution in [0.25, 0.3) is 10.6 Å². The molecule has 34 heavy (non-hydrogen) atoms. The van der Waals surface area contributed by atoms with Crippen molar-refractivity contribution in [3.05, 3.63) is 106 Å². The average molecular weight is 467 g/mol. The molecule has 3 aromatic carbocycles. The lowest BCUT2D eigenvalue weighted by molar-refractivity contribution is 0.789. The van der Waals surface area contributed by atoms with Crippen LogP contribution in [-0.4, -0.2) is 4.98 Å². The quantitative estimate of drug-likeness (QED) is 0.307. The first-order valence-corrected chi connectivity index (χ1v) is 13.5. The summed E-state index contributed by atoms with van der Waals surface area (Å²) < 4.78 is 0. The summed E-state index contributed by atoms with van der Waals surface area (Å²) in [5, 5.41) is 7.30. The molecule has 3 heteroatoms. The van der Waals surface area contributed by atoms with E-state index >= 15 is 0 Å². The number of para-hydroxylation sites is 1. The third-order valence-corrected chi connectivity index (χ3v) is 8.00. The highest BCUT2D eigenvalue weighted by atomic mass is 32.1. The van der Waals surface area contributed by atoms with E-state index in [1.54, 1.807) is 11.3 Å². The zero-order valence-electron chi connectivity index (χ0n) is 20.6. The lowest BCUT2D eigenvalue weighted by Crippen LogP contribution is -2.14. The Bertz CT molecular complexity index is 1270. The number of nitrogens with zero attached hydrogens (tertiary/aromatic N) is 1. The van der Waals surface area contributed by atoms with Gasteiger partial charge in [0, 0.05) is 22.5 Å². The Hall–Kier alpha value is -2.91. The third-order valence-electron chi connectivity index (χ3n) is 7.09. The topological polar surface area (TPSA) is 24.9 Å². The molecule has 0 saturated heterocycles. The van der Waals surface area contributed by atoms with Gasteiger partial charge in [-0.25, -0.2) is 4.98 Å². The fourth-order valence-electron chi connectivity index (χ4n) is 5.15. The van der Waals surface area contributed by atoms with Gasteiger partial charge < -0.3 is 5.32 Å². The lowest BCUT2D eigenvalue weighted by atomic mass is 9.85. The van der Waals surface area contributed by atoms with Gasteiger partial charge in [0.25, 0.3) is 0 Å². The molecule has 0 fully saturated rings. The van der Waals surface area contributed by atoms with Gasteiger partial charge in [-0.05, 0) is 46.6 Å². The molecule has 0 spiro atoms. The molecule has 2 nitrogen and oxygen atoms in total. The fourth-order valence-corrected chi connectivity index (χ4v) is 6.00. The minimum atomic E-state index is 0.0348. The second kappa shape index (κ2) is 9.76. The maximum atomic E-state index is 5.15. The summed E-state index contributed by atoms with van der Waals surface area (Å²) in [6.45, 7) is 9.20. The van der Waals surface area contributed by atoms with Crippen molar-refractivity contribution < 1.29 is 0 Å². The van der Waals surface area contributed by atoms with Crippen LogP contribution in [0.3, 0.4) is 0 Å². The smallest absolute Gasteiger partial charge is 0.123 e. The SMILES string of the molecule is CCCCc1ccc2c(c1)C(C)c1cccc(C(C)C)c1NC2c1csc(-c2ccccc2)n1. The summed E-state index contributed by atoms with van der Waals surface area (Å²) >= 11 is 1.73. The van der Waals surface area contributed by atoms with Gasteiger partial charge in [0.1, 0.15) is 5.01 Å². The third kappa shape index (κ3) is 4.30. The number of anilines is 1. The zero-order valence-corrected chi connectivity index (χ0v) is 21.5. The number of aromatic nitrogens is 1. The number of aryl methyl sites for hydroxylation is 1. The molecular weight excluding hydrogens is 432 g/mol. The van der Waals surface area contributed by atoms with E-state index in [0.717, 1.165) is 17.1 Å². The Morgan fingerprint density at radius 2 is 1.76 bits per heavy atom. The number of benzene rings is 3. The van der Waals surface area contributed by atoms with E-state index in [2.05, 4.69) is 105 Å². The van der Waals surface area contributed by atoms with Gasteiger partial charge in [0.15, 0.2) is 0 Å². The second-order valence-corrected chi connectivity index (χ2v) is 10.6. The van der Waals surface area contributed by atoms with Crippen molar-refractivity contribution in [2.75, 3.05) is 5.32 Å². The van der Waals surface area contributed by atoms with E-state index in [4.69, 9.17) is 4.98 Å². The summed E-state index contributed by atoms with van der Waals surface area (Å²) in [5.41, 5.74) is 10.6. The van der Waals surface area contributed by atoms with E-state index in [1.807, 2.05) is 0 Å². The van der Waals surface area contributed by atoms with Crippen LogP contribution in [0.2, 0.25) is 0 Å². The van der Waals surface area contributed by atoms with E-state index in [-0.39, 0.29) is 6.04 Å². The van der Waals surface area contributed by atoms with Gasteiger partial charge in [-0.15, -0.1) is 11.3 Å². The molecule has 0 radical (unpaired) electrons. The Balaban J connectivity index is 1.66. The number of hydrogen-bond acceptors (Lipinski definition) is 3. The molecule has 5 rings (SSSR count). The molecule has 1 aliphatic heterocycles. The molecular formula is C31H34N2S. The molecule has 1 aliphatic rings. The van der Waals surface area contributed by atoms with Crippen LogP contribution in [0.1, 0.15) is 91.9 Å². The average Bonchev–Trinajstić information content (AvgIpc) is 3.31. The van der Waals surface area contributed by atoms with Crippen LogP contribution < -0.4 is 5.32 Å². The molecule has 0 saturated carbocycles. The van der Waals surface area contributed by atoms with Crippen molar-refractivity contribution in [1.29, 1.82) is 0 Å². The van der Waals surface area contributed by atoms with Crippen LogP contribution in [0.15, 0.2) is 72.1 Å². The monoisotopic (exact) mass is 466 g/mol. The van der Waals surface area contributed by atoms with Crippen LogP contribution >= 0.6 is 11.3 Å². The maximum absolute atomic E-state index is 5.15. The number of thiazole rings is 1. The number of nitrogens with one attached hydrogen (secondary N) is 1. The van der Waals surface area contributed by atoms with Crippen molar-refractivity contribution in [3.63, 3.8) is 0 Å². The Kier molecular flexibility index (Phi) is 6.56. The normalized spacial score (nSPS) is 17.1. The molecule has 0 aliphatic carbocycles. The predicted molar refractivity (Wildman–Crippen MR) is 146 cm³/mol. The molecule has 2 unspecified atom stereocenters. The van der Waals surface area contributed by atoms with Crippen LogP contribution in [-0.2, 0) is 6.42 Å². The number of fused-ring (bicyclic) bond motifs is 2. The van der Waals surface area contributed by atoms with Crippen molar-refractivity contribution in [1.82, 2.24) is 4.98 Å². The first kappa shape index (κ1) is 22.9. The fraction of sp³-hybridized carbons (Fsp3) is 0.323. The van der Waals surface area contributed by atoms with Crippen LogP contribution in [0.4, 0.5) is 5.69 Å².